The first-order valence-electron chi connectivity index (χ1n) is 9.23. The van der Waals surface area contributed by atoms with Gasteiger partial charge < -0.3 is 20.6 Å². The number of likely N-dealkylation sites (tertiary alicyclic amines) is 1. The number of rotatable bonds is 7. The third kappa shape index (κ3) is 5.45. The van der Waals surface area contributed by atoms with Crippen LogP contribution in [0.25, 0.3) is 0 Å². The third-order valence-corrected chi connectivity index (χ3v) is 4.91. The number of anilines is 3. The number of aromatic nitrogens is 2. The Balaban J connectivity index is 1.76. The second-order valence-electron chi connectivity index (χ2n) is 6.73. The Morgan fingerprint density at radius 1 is 1.38 bits per heavy atom. The molecule has 152 valence electrons. The number of nitrogens with zero attached hydrogens (tertiary/aromatic N) is 3. The first-order valence-corrected chi connectivity index (χ1v) is 9.61. The summed E-state index contributed by atoms with van der Waals surface area (Å²) in [7, 11) is 0. The monoisotopic (exact) mass is 415 g/mol. The molecule has 1 aliphatic rings. The molecule has 3 N–H and O–H groups in total. The zero-order chi connectivity index (χ0) is 20.8. The van der Waals surface area contributed by atoms with Gasteiger partial charge in [0.2, 0.25) is 5.95 Å². The van der Waals surface area contributed by atoms with E-state index in [9.17, 15) is 14.7 Å². The fourth-order valence-electron chi connectivity index (χ4n) is 3.16. The minimum absolute atomic E-state index is 0.0774. The molecule has 1 aromatic carbocycles. The molecule has 0 saturated carbocycles. The van der Waals surface area contributed by atoms with Gasteiger partial charge in [-0.2, -0.15) is 4.98 Å². The molecule has 1 atom stereocenters. The molecule has 1 aromatic heterocycles. The molecule has 1 unspecified atom stereocenters. The summed E-state index contributed by atoms with van der Waals surface area (Å²) in [5, 5.41) is 15.9. The lowest BCUT2D eigenvalue weighted by molar-refractivity contribution is -0.114. The number of halogens is 1. The van der Waals surface area contributed by atoms with Crippen LogP contribution in [0.1, 0.15) is 18.4 Å². The van der Waals surface area contributed by atoms with Crippen LogP contribution < -0.4 is 10.6 Å². The normalized spacial score (nSPS) is 16.2. The quantitative estimate of drug-likeness (QED) is 0.591. The van der Waals surface area contributed by atoms with E-state index in [4.69, 9.17) is 11.6 Å². The van der Waals surface area contributed by atoms with Crippen molar-refractivity contribution in [3.63, 3.8) is 0 Å². The Morgan fingerprint density at radius 2 is 2.17 bits per heavy atom. The van der Waals surface area contributed by atoms with Crippen LogP contribution in [0.15, 0.2) is 43.1 Å². The lowest BCUT2D eigenvalue weighted by Crippen LogP contribution is -2.44. The topological polar surface area (TPSA) is 107 Å². The highest BCUT2D eigenvalue weighted by molar-refractivity contribution is 6.32. The number of amides is 1. The molecule has 9 heteroatoms. The van der Waals surface area contributed by atoms with Gasteiger partial charge in [-0.25, -0.2) is 9.78 Å². The van der Waals surface area contributed by atoms with E-state index < -0.39 is 6.09 Å². The summed E-state index contributed by atoms with van der Waals surface area (Å²) in [5.74, 6) is 0.665. The summed E-state index contributed by atoms with van der Waals surface area (Å²) in [5.41, 5.74) is 1.51. The number of ketones is 1. The molecule has 2 heterocycles. The first-order chi connectivity index (χ1) is 14.0. The first kappa shape index (κ1) is 20.6. The Morgan fingerprint density at radius 3 is 2.93 bits per heavy atom. The molecule has 0 bridgehead atoms. The van der Waals surface area contributed by atoms with Gasteiger partial charge in [0, 0.05) is 31.2 Å². The second kappa shape index (κ2) is 9.38. The Labute approximate surface area is 173 Å². The number of carbonyl (C=O) groups excluding carboxylic acids is 1. The van der Waals surface area contributed by atoms with Gasteiger partial charge in [-0.1, -0.05) is 36.4 Å². The minimum Gasteiger partial charge on any atom is -0.465 e. The standard InChI is InChI=1S/C20H22ClN5O3/c1-2-15(27)10-13-6-3-4-8-17(13)24-18-16(21)11-22-19(25-18)23-14-7-5-9-26(12-14)20(28)29/h2-4,6,8,11,14H,1,5,7,9-10,12H2,(H,28,29)(H2,22,23,24,25). The van der Waals surface area contributed by atoms with Crippen molar-refractivity contribution < 1.29 is 14.7 Å². The molecule has 0 spiro atoms. The van der Waals surface area contributed by atoms with Gasteiger partial charge >= 0.3 is 6.09 Å². The molecule has 0 aliphatic carbocycles. The van der Waals surface area contributed by atoms with Crippen molar-refractivity contribution in [1.29, 1.82) is 0 Å². The van der Waals surface area contributed by atoms with E-state index in [2.05, 4.69) is 27.2 Å². The van der Waals surface area contributed by atoms with Crippen LogP contribution in [-0.4, -0.2) is 51.0 Å². The van der Waals surface area contributed by atoms with Crippen LogP contribution >= 0.6 is 11.6 Å². The molecule has 1 amide bonds. The van der Waals surface area contributed by atoms with E-state index >= 15 is 0 Å². The average Bonchev–Trinajstić information content (AvgIpc) is 2.72. The maximum absolute atomic E-state index is 11.7. The highest BCUT2D eigenvalue weighted by Crippen LogP contribution is 2.27. The summed E-state index contributed by atoms with van der Waals surface area (Å²) in [6.07, 6.45) is 3.66. The van der Waals surface area contributed by atoms with Gasteiger partial charge in [0.05, 0.1) is 6.20 Å². The van der Waals surface area contributed by atoms with E-state index in [0.717, 1.165) is 18.4 Å². The van der Waals surface area contributed by atoms with E-state index in [-0.39, 0.29) is 18.2 Å². The number of carboxylic acid groups (broad SMARTS) is 1. The fourth-order valence-corrected chi connectivity index (χ4v) is 3.30. The van der Waals surface area contributed by atoms with Crippen LogP contribution in [0, 0.1) is 0 Å². The smallest absolute Gasteiger partial charge is 0.407 e. The van der Waals surface area contributed by atoms with Gasteiger partial charge in [-0.3, -0.25) is 4.79 Å². The highest BCUT2D eigenvalue weighted by atomic mass is 35.5. The van der Waals surface area contributed by atoms with Gasteiger partial charge in [0.1, 0.15) is 5.02 Å². The summed E-state index contributed by atoms with van der Waals surface area (Å²) in [4.78, 5) is 33.0. The van der Waals surface area contributed by atoms with E-state index in [0.29, 0.717) is 35.6 Å². The predicted molar refractivity (Wildman–Crippen MR) is 112 cm³/mol. The van der Waals surface area contributed by atoms with Crippen molar-refractivity contribution in [2.75, 3.05) is 23.7 Å². The lowest BCUT2D eigenvalue weighted by atomic mass is 10.1. The number of nitrogens with one attached hydrogen (secondary N) is 2. The summed E-state index contributed by atoms with van der Waals surface area (Å²) < 4.78 is 0. The van der Waals surface area contributed by atoms with Crippen molar-refractivity contribution in [1.82, 2.24) is 14.9 Å². The summed E-state index contributed by atoms with van der Waals surface area (Å²) >= 11 is 6.25. The molecule has 1 fully saturated rings. The number of para-hydroxylation sites is 1. The van der Waals surface area contributed by atoms with Gasteiger partial charge in [0.25, 0.3) is 0 Å². The Kier molecular flexibility index (Phi) is 6.66. The van der Waals surface area contributed by atoms with Crippen molar-refractivity contribution >= 4 is 40.9 Å². The predicted octanol–water partition coefficient (Wildman–Crippen LogP) is 3.73. The second-order valence-corrected chi connectivity index (χ2v) is 7.14. The Hall–Kier alpha value is -3.13. The number of hydrogen-bond donors (Lipinski definition) is 3. The number of allylic oxidation sites excluding steroid dienone is 1. The van der Waals surface area contributed by atoms with E-state index in [1.807, 2.05) is 24.3 Å². The maximum atomic E-state index is 11.7. The van der Waals surface area contributed by atoms with Gasteiger partial charge in [-0.15, -0.1) is 0 Å². The summed E-state index contributed by atoms with van der Waals surface area (Å²) in [6.45, 7) is 4.41. The van der Waals surface area contributed by atoms with E-state index in [1.165, 1.54) is 17.2 Å². The number of benzene rings is 1. The van der Waals surface area contributed by atoms with Crippen molar-refractivity contribution in [3.8, 4) is 0 Å². The lowest BCUT2D eigenvalue weighted by Gasteiger charge is -2.31. The van der Waals surface area contributed by atoms with Crippen molar-refractivity contribution in [2.24, 2.45) is 0 Å². The fraction of sp³-hybridized carbons (Fsp3) is 0.300. The van der Waals surface area contributed by atoms with Crippen LogP contribution in [0.2, 0.25) is 5.02 Å². The maximum Gasteiger partial charge on any atom is 0.407 e. The number of carbonyl (C=O) groups is 2. The van der Waals surface area contributed by atoms with Crippen molar-refractivity contribution in [3.05, 3.63) is 53.7 Å². The SMILES string of the molecule is C=CC(=O)Cc1ccccc1Nc1nc(NC2CCCN(C(=O)O)C2)ncc1Cl. The largest absolute Gasteiger partial charge is 0.465 e. The van der Waals surface area contributed by atoms with Crippen LogP contribution in [0.3, 0.4) is 0 Å². The molecule has 29 heavy (non-hydrogen) atoms. The molecular formula is C20H22ClN5O3. The highest BCUT2D eigenvalue weighted by Gasteiger charge is 2.23. The van der Waals surface area contributed by atoms with Crippen LogP contribution in [-0.2, 0) is 11.2 Å². The minimum atomic E-state index is -0.929. The molecule has 3 rings (SSSR count). The molecule has 0 radical (unpaired) electrons. The molecule has 1 aliphatic heterocycles. The third-order valence-electron chi connectivity index (χ3n) is 4.63. The molecule has 2 aromatic rings. The Bertz CT molecular complexity index is 921. The van der Waals surface area contributed by atoms with E-state index in [1.54, 1.807) is 0 Å². The average molecular weight is 416 g/mol. The zero-order valence-electron chi connectivity index (χ0n) is 15.8. The number of piperidine rings is 1. The van der Waals surface area contributed by atoms with Crippen molar-refractivity contribution in [2.45, 2.75) is 25.3 Å². The molecule has 1 saturated heterocycles. The molecular weight excluding hydrogens is 394 g/mol. The number of hydrogen-bond acceptors (Lipinski definition) is 6. The molecule has 8 nitrogen and oxygen atoms in total. The van der Waals surface area contributed by atoms with Gasteiger partial charge in [-0.05, 0) is 30.5 Å². The van der Waals surface area contributed by atoms with Gasteiger partial charge in [0.15, 0.2) is 11.6 Å². The van der Waals surface area contributed by atoms with Crippen LogP contribution in [0.4, 0.5) is 22.2 Å². The summed E-state index contributed by atoms with van der Waals surface area (Å²) in [6, 6.07) is 7.30. The zero-order valence-corrected chi connectivity index (χ0v) is 16.5. The van der Waals surface area contributed by atoms with Crippen LogP contribution in [0.5, 0.6) is 0 Å².